The molecule has 4 aromatic rings. The average molecular weight is 404 g/mol. The van der Waals surface area contributed by atoms with Crippen LogP contribution >= 0.6 is 0 Å². The third kappa shape index (κ3) is 4.98. The number of hydrogen-bond donors (Lipinski definition) is 1. The summed E-state index contributed by atoms with van der Waals surface area (Å²) >= 11 is 0. The summed E-state index contributed by atoms with van der Waals surface area (Å²) in [5.74, 6) is 0.281. The Balaban J connectivity index is 1.46. The fourth-order valence-corrected chi connectivity index (χ4v) is 3.24. The molecule has 0 fully saturated rings. The molecule has 31 heavy (non-hydrogen) atoms. The molecule has 4 rings (SSSR count). The number of fused-ring (bicyclic) bond motifs is 1. The topological polar surface area (TPSA) is 62.1 Å². The molecule has 0 saturated heterocycles. The summed E-state index contributed by atoms with van der Waals surface area (Å²) in [6.07, 6.45) is 1.57. The van der Waals surface area contributed by atoms with E-state index in [1.807, 2.05) is 103 Å². The van der Waals surface area contributed by atoms with Crippen LogP contribution in [0.5, 0.6) is 5.75 Å². The zero-order chi connectivity index (χ0) is 21.5. The van der Waals surface area contributed by atoms with Gasteiger partial charge in [-0.1, -0.05) is 78.9 Å². The largest absolute Gasteiger partial charge is 0.489 e. The molecule has 4 aromatic carbocycles. The molecule has 0 radical (unpaired) electrons. The molecular formula is C27H20N2O2. The Morgan fingerprint density at radius 3 is 2.35 bits per heavy atom. The molecule has 0 bridgehead atoms. The molecule has 0 aliphatic carbocycles. The Hall–Kier alpha value is -4.36. The van der Waals surface area contributed by atoms with E-state index in [9.17, 15) is 10.1 Å². The normalized spacial score (nSPS) is 11.0. The minimum atomic E-state index is -0.441. The number of nitrogens with one attached hydrogen (secondary N) is 1. The molecule has 1 amide bonds. The zero-order valence-electron chi connectivity index (χ0n) is 16.8. The number of nitriles is 1. The van der Waals surface area contributed by atoms with Crippen molar-refractivity contribution < 1.29 is 9.53 Å². The summed E-state index contributed by atoms with van der Waals surface area (Å²) in [7, 11) is 0. The van der Waals surface area contributed by atoms with Gasteiger partial charge in [-0.05, 0) is 40.8 Å². The molecule has 0 aromatic heterocycles. The number of carbonyl (C=O) groups excluding carboxylic acids is 1. The Bertz CT molecular complexity index is 1260. The summed E-state index contributed by atoms with van der Waals surface area (Å²) < 4.78 is 5.78. The Morgan fingerprint density at radius 1 is 0.871 bits per heavy atom. The van der Waals surface area contributed by atoms with Crippen molar-refractivity contribution in [2.24, 2.45) is 0 Å². The third-order valence-electron chi connectivity index (χ3n) is 4.84. The van der Waals surface area contributed by atoms with Crippen LogP contribution in [-0.2, 0) is 11.4 Å². The van der Waals surface area contributed by atoms with Crippen LogP contribution in [0.15, 0.2) is 103 Å². The Morgan fingerprint density at radius 2 is 1.58 bits per heavy atom. The fourth-order valence-electron chi connectivity index (χ4n) is 3.24. The van der Waals surface area contributed by atoms with Crippen LogP contribution < -0.4 is 10.1 Å². The molecule has 0 saturated carbocycles. The van der Waals surface area contributed by atoms with Gasteiger partial charge >= 0.3 is 0 Å². The fraction of sp³-hybridized carbons (Fsp3) is 0.0370. The highest BCUT2D eigenvalue weighted by Gasteiger charge is 2.11. The zero-order valence-corrected chi connectivity index (χ0v) is 16.8. The van der Waals surface area contributed by atoms with Gasteiger partial charge in [-0.2, -0.15) is 5.26 Å². The highest BCUT2D eigenvalue weighted by atomic mass is 16.5. The summed E-state index contributed by atoms with van der Waals surface area (Å²) in [5, 5.41) is 14.3. The van der Waals surface area contributed by atoms with E-state index >= 15 is 0 Å². The van der Waals surface area contributed by atoms with Crippen LogP contribution in [0.1, 0.15) is 11.1 Å². The van der Waals surface area contributed by atoms with Gasteiger partial charge in [0.1, 0.15) is 24.0 Å². The molecule has 0 spiro atoms. The minimum Gasteiger partial charge on any atom is -0.489 e. The van der Waals surface area contributed by atoms with E-state index in [2.05, 4.69) is 5.32 Å². The van der Waals surface area contributed by atoms with Crippen molar-refractivity contribution >= 4 is 28.4 Å². The first-order chi connectivity index (χ1) is 15.2. The smallest absolute Gasteiger partial charge is 0.266 e. The van der Waals surface area contributed by atoms with E-state index in [4.69, 9.17) is 4.74 Å². The Labute approximate surface area is 181 Å². The lowest BCUT2D eigenvalue weighted by Crippen LogP contribution is -2.13. The number of amides is 1. The van der Waals surface area contributed by atoms with Gasteiger partial charge in [0.2, 0.25) is 0 Å². The average Bonchev–Trinajstić information content (AvgIpc) is 2.83. The van der Waals surface area contributed by atoms with Crippen LogP contribution in [0.2, 0.25) is 0 Å². The second kappa shape index (κ2) is 9.43. The maximum absolute atomic E-state index is 12.7. The lowest BCUT2D eigenvalue weighted by Gasteiger charge is -2.08. The number of nitrogens with zero attached hydrogens (tertiary/aromatic N) is 1. The Kier molecular flexibility index (Phi) is 6.06. The van der Waals surface area contributed by atoms with Gasteiger partial charge in [0.15, 0.2) is 0 Å². The van der Waals surface area contributed by atoms with E-state index in [1.54, 1.807) is 6.08 Å². The van der Waals surface area contributed by atoms with Crippen molar-refractivity contribution in [2.75, 3.05) is 5.32 Å². The summed E-state index contributed by atoms with van der Waals surface area (Å²) in [6, 6.07) is 32.7. The first kappa shape index (κ1) is 19.9. The van der Waals surface area contributed by atoms with Crippen molar-refractivity contribution in [3.8, 4) is 11.8 Å². The maximum atomic E-state index is 12.7. The first-order valence-electron chi connectivity index (χ1n) is 9.90. The standard InChI is InChI=1S/C27H20N2O2/c28-18-23(27(30)29-26-12-6-10-22-9-4-5-11-25(22)26)17-20-13-15-24(16-14-20)31-19-21-7-2-1-3-8-21/h1-17H,19H2,(H,29,30)/b23-17+. The number of hydrogen-bond acceptors (Lipinski definition) is 3. The quantitative estimate of drug-likeness (QED) is 0.318. The first-order valence-corrected chi connectivity index (χ1v) is 9.90. The van der Waals surface area contributed by atoms with Gasteiger partial charge in [-0.25, -0.2) is 0 Å². The number of rotatable bonds is 6. The van der Waals surface area contributed by atoms with E-state index in [1.165, 1.54) is 0 Å². The predicted octanol–water partition coefficient (Wildman–Crippen LogP) is 5.96. The molecule has 4 heteroatoms. The third-order valence-corrected chi connectivity index (χ3v) is 4.84. The van der Waals surface area contributed by atoms with E-state index < -0.39 is 5.91 Å². The van der Waals surface area contributed by atoms with E-state index in [-0.39, 0.29) is 5.57 Å². The van der Waals surface area contributed by atoms with Gasteiger partial charge in [-0.15, -0.1) is 0 Å². The molecule has 0 unspecified atom stereocenters. The number of ether oxygens (including phenoxy) is 1. The van der Waals surface area contributed by atoms with Crippen LogP contribution in [0.4, 0.5) is 5.69 Å². The second-order valence-corrected chi connectivity index (χ2v) is 6.99. The molecule has 150 valence electrons. The molecular weight excluding hydrogens is 384 g/mol. The minimum absolute atomic E-state index is 0.0332. The maximum Gasteiger partial charge on any atom is 0.266 e. The van der Waals surface area contributed by atoms with Gasteiger partial charge in [0.25, 0.3) is 5.91 Å². The molecule has 0 atom stereocenters. The molecule has 0 aliphatic heterocycles. The van der Waals surface area contributed by atoms with E-state index in [0.29, 0.717) is 12.3 Å². The number of anilines is 1. The highest BCUT2D eigenvalue weighted by molar-refractivity contribution is 6.12. The van der Waals surface area contributed by atoms with Crippen LogP contribution in [0.25, 0.3) is 16.8 Å². The van der Waals surface area contributed by atoms with Crippen molar-refractivity contribution in [3.63, 3.8) is 0 Å². The van der Waals surface area contributed by atoms with Crippen molar-refractivity contribution in [1.29, 1.82) is 5.26 Å². The number of benzene rings is 4. The second-order valence-electron chi connectivity index (χ2n) is 6.99. The molecule has 0 heterocycles. The van der Waals surface area contributed by atoms with Crippen LogP contribution in [0.3, 0.4) is 0 Å². The lowest BCUT2D eigenvalue weighted by molar-refractivity contribution is -0.112. The summed E-state index contributed by atoms with van der Waals surface area (Å²) in [6.45, 7) is 0.479. The molecule has 4 nitrogen and oxygen atoms in total. The van der Waals surface area contributed by atoms with E-state index in [0.717, 1.165) is 27.6 Å². The van der Waals surface area contributed by atoms with Gasteiger partial charge in [0.05, 0.1) is 0 Å². The van der Waals surface area contributed by atoms with Crippen LogP contribution in [-0.4, -0.2) is 5.91 Å². The SMILES string of the molecule is N#C/C(=C\c1ccc(OCc2ccccc2)cc1)C(=O)Nc1cccc2ccccc12. The molecule has 0 aliphatic rings. The summed E-state index contributed by atoms with van der Waals surface area (Å²) in [5.41, 5.74) is 2.54. The van der Waals surface area contributed by atoms with Crippen LogP contribution in [0, 0.1) is 11.3 Å². The van der Waals surface area contributed by atoms with Crippen molar-refractivity contribution in [3.05, 3.63) is 114 Å². The van der Waals surface area contributed by atoms with Gasteiger partial charge in [0, 0.05) is 11.1 Å². The van der Waals surface area contributed by atoms with Gasteiger partial charge in [-0.3, -0.25) is 4.79 Å². The number of carbonyl (C=O) groups is 1. The predicted molar refractivity (Wildman–Crippen MR) is 123 cm³/mol. The molecule has 1 N–H and O–H groups in total. The van der Waals surface area contributed by atoms with Gasteiger partial charge < -0.3 is 10.1 Å². The lowest BCUT2D eigenvalue weighted by atomic mass is 10.1. The monoisotopic (exact) mass is 404 g/mol. The highest BCUT2D eigenvalue weighted by Crippen LogP contribution is 2.24. The van der Waals surface area contributed by atoms with Crippen molar-refractivity contribution in [2.45, 2.75) is 6.61 Å². The summed E-state index contributed by atoms with van der Waals surface area (Å²) in [4.78, 5) is 12.7. The van der Waals surface area contributed by atoms with Crippen molar-refractivity contribution in [1.82, 2.24) is 0 Å².